The molecule has 272 valence electrons. The van der Waals surface area contributed by atoms with Gasteiger partial charge in [-0.3, -0.25) is 19.2 Å². The lowest BCUT2D eigenvalue weighted by Crippen LogP contribution is -2.63. The number of carbonyl (C=O) groups excluding carboxylic acids is 5. The Morgan fingerprint density at radius 1 is 0.692 bits per heavy atom. The minimum Gasteiger partial charge on any atom is -0.489 e. The Hall–Kier alpha value is -6.22. The molecule has 0 saturated carbocycles. The summed E-state index contributed by atoms with van der Waals surface area (Å²) >= 11 is 0. The third kappa shape index (κ3) is 9.31. The van der Waals surface area contributed by atoms with Crippen molar-refractivity contribution in [1.82, 2.24) is 0 Å². The number of carbonyl (C=O) groups is 5. The van der Waals surface area contributed by atoms with Gasteiger partial charge in [0.1, 0.15) is 30.7 Å². The number of ether oxygens (including phenoxy) is 8. The summed E-state index contributed by atoms with van der Waals surface area (Å²) in [5.74, 6) is -5.02. The van der Waals surface area contributed by atoms with Gasteiger partial charge in [0.05, 0.1) is 10.9 Å². The van der Waals surface area contributed by atoms with E-state index in [0.29, 0.717) is 5.75 Å². The lowest BCUT2D eigenvalue weighted by molar-refractivity contribution is -0.288. The molecule has 0 N–H and O–H groups in total. The van der Waals surface area contributed by atoms with Gasteiger partial charge in [0.15, 0.2) is 18.0 Å². The Labute approximate surface area is 296 Å². The van der Waals surface area contributed by atoms with Crippen molar-refractivity contribution in [2.45, 2.75) is 65.0 Å². The summed E-state index contributed by atoms with van der Waals surface area (Å²) in [5, 5.41) is 0.0791. The Balaban J connectivity index is 1.62. The first-order valence-electron chi connectivity index (χ1n) is 15.9. The van der Waals surface area contributed by atoms with Crippen molar-refractivity contribution in [3.8, 4) is 17.2 Å². The Morgan fingerprint density at radius 2 is 1.31 bits per heavy atom. The second-order valence-electron chi connectivity index (χ2n) is 11.4. The van der Waals surface area contributed by atoms with Crippen LogP contribution in [0.3, 0.4) is 0 Å². The number of fused-ring (bicyclic) bond motifs is 1. The van der Waals surface area contributed by atoms with Crippen molar-refractivity contribution in [2.24, 2.45) is 0 Å². The van der Waals surface area contributed by atoms with Crippen LogP contribution in [-0.4, -0.2) is 67.2 Å². The Bertz CT molecular complexity index is 1990. The molecule has 15 nitrogen and oxygen atoms in total. The van der Waals surface area contributed by atoms with E-state index in [4.69, 9.17) is 42.3 Å². The molecule has 15 heteroatoms. The largest absolute Gasteiger partial charge is 0.489 e. The van der Waals surface area contributed by atoms with Gasteiger partial charge in [0, 0.05) is 33.8 Å². The molecule has 0 aliphatic carbocycles. The number of esters is 5. The van der Waals surface area contributed by atoms with Crippen LogP contribution in [-0.2, 0) is 49.5 Å². The van der Waals surface area contributed by atoms with Crippen LogP contribution in [0, 0.1) is 0 Å². The summed E-state index contributed by atoms with van der Waals surface area (Å²) in [6.45, 7) is 3.99. The van der Waals surface area contributed by atoms with Gasteiger partial charge in [-0.05, 0) is 29.8 Å². The van der Waals surface area contributed by atoms with Gasteiger partial charge in [-0.15, -0.1) is 0 Å². The first-order valence-corrected chi connectivity index (χ1v) is 15.9. The summed E-state index contributed by atoms with van der Waals surface area (Å²) in [4.78, 5) is 75.5. The van der Waals surface area contributed by atoms with Crippen LogP contribution in [0.2, 0.25) is 0 Å². The van der Waals surface area contributed by atoms with Crippen molar-refractivity contribution in [1.29, 1.82) is 0 Å². The zero-order valence-corrected chi connectivity index (χ0v) is 28.4. The Kier molecular flexibility index (Phi) is 11.9. The third-order valence-electron chi connectivity index (χ3n) is 7.43. The van der Waals surface area contributed by atoms with Gasteiger partial charge in [-0.25, -0.2) is 9.59 Å². The van der Waals surface area contributed by atoms with E-state index in [-0.39, 0.29) is 23.1 Å². The molecular weight excluding hydrogens is 684 g/mol. The zero-order chi connectivity index (χ0) is 37.4. The first kappa shape index (κ1) is 37.0. The van der Waals surface area contributed by atoms with Crippen LogP contribution in [0.15, 0.2) is 88.1 Å². The van der Waals surface area contributed by atoms with Crippen LogP contribution >= 0.6 is 0 Å². The second kappa shape index (κ2) is 16.7. The van der Waals surface area contributed by atoms with Gasteiger partial charge in [0.2, 0.25) is 12.4 Å². The number of hydrogen-bond acceptors (Lipinski definition) is 15. The molecule has 0 bridgehead atoms. The summed E-state index contributed by atoms with van der Waals surface area (Å²) in [7, 11) is 0. The first-order chi connectivity index (χ1) is 24.9. The van der Waals surface area contributed by atoms with Crippen LogP contribution < -0.4 is 19.8 Å². The molecule has 5 rings (SSSR count). The van der Waals surface area contributed by atoms with E-state index in [9.17, 15) is 28.8 Å². The molecule has 0 unspecified atom stereocenters. The molecule has 1 aliphatic rings. The molecule has 1 aromatic heterocycles. The SMILES string of the molecule is CC(=O)OC[C@H]1O[C@@H](Oc2c(OC(=O)c3ccccc3)c(=O)oc3cc(OCc4ccccc4)ccc23)[C@H](OC(C)=O)[C@@H](OC(C)=O)[C@H]1OC(C)=O. The molecule has 1 aliphatic heterocycles. The highest BCUT2D eigenvalue weighted by Gasteiger charge is 2.53. The van der Waals surface area contributed by atoms with Gasteiger partial charge in [-0.2, -0.15) is 0 Å². The predicted octanol–water partition coefficient (Wildman–Crippen LogP) is 4.05. The van der Waals surface area contributed by atoms with E-state index in [1.807, 2.05) is 30.3 Å². The predicted molar refractivity (Wildman–Crippen MR) is 177 cm³/mol. The molecule has 0 spiro atoms. The molecule has 3 aromatic carbocycles. The average molecular weight is 719 g/mol. The fourth-order valence-electron chi connectivity index (χ4n) is 5.30. The number of benzene rings is 3. The maximum absolute atomic E-state index is 13.6. The van der Waals surface area contributed by atoms with Crippen molar-refractivity contribution in [2.75, 3.05) is 6.61 Å². The summed E-state index contributed by atoms with van der Waals surface area (Å²) in [6.07, 6.45) is -7.85. The molecular formula is C37H34O15. The number of rotatable bonds is 12. The molecule has 52 heavy (non-hydrogen) atoms. The minimum atomic E-state index is -1.77. The molecule has 0 radical (unpaired) electrons. The molecule has 0 amide bonds. The second-order valence-corrected chi connectivity index (χ2v) is 11.4. The summed E-state index contributed by atoms with van der Waals surface area (Å²) < 4.78 is 50.9. The molecule has 4 aromatic rings. The Morgan fingerprint density at radius 3 is 1.94 bits per heavy atom. The number of hydrogen-bond donors (Lipinski definition) is 0. The quantitative estimate of drug-likeness (QED) is 0.116. The van der Waals surface area contributed by atoms with E-state index in [1.165, 1.54) is 24.3 Å². The van der Waals surface area contributed by atoms with Gasteiger partial charge < -0.3 is 42.3 Å². The molecule has 2 heterocycles. The van der Waals surface area contributed by atoms with Crippen molar-refractivity contribution in [3.05, 3.63) is 100 Å². The van der Waals surface area contributed by atoms with Crippen LogP contribution in [0.4, 0.5) is 0 Å². The van der Waals surface area contributed by atoms with E-state index in [1.54, 1.807) is 24.3 Å². The van der Waals surface area contributed by atoms with E-state index < -0.39 is 84.3 Å². The lowest BCUT2D eigenvalue weighted by Gasteiger charge is -2.44. The average Bonchev–Trinajstić information content (AvgIpc) is 3.10. The smallest absolute Gasteiger partial charge is 0.383 e. The maximum atomic E-state index is 13.6. The van der Waals surface area contributed by atoms with E-state index >= 15 is 0 Å². The van der Waals surface area contributed by atoms with Crippen molar-refractivity contribution in [3.63, 3.8) is 0 Å². The monoisotopic (exact) mass is 718 g/mol. The molecule has 5 atom stereocenters. The normalized spacial score (nSPS) is 19.5. The summed E-state index contributed by atoms with van der Waals surface area (Å²) in [5.41, 5.74) is -0.238. The fraction of sp³-hybridized carbons (Fsp3) is 0.297. The molecule has 1 fully saturated rings. The lowest BCUT2D eigenvalue weighted by atomic mass is 9.98. The minimum absolute atomic E-state index is 0.0595. The zero-order valence-electron chi connectivity index (χ0n) is 28.4. The van der Waals surface area contributed by atoms with Gasteiger partial charge >= 0.3 is 35.5 Å². The fourth-order valence-corrected chi connectivity index (χ4v) is 5.30. The van der Waals surface area contributed by atoms with Gasteiger partial charge in [-0.1, -0.05) is 48.5 Å². The van der Waals surface area contributed by atoms with Gasteiger partial charge in [0.25, 0.3) is 5.75 Å². The third-order valence-corrected chi connectivity index (χ3v) is 7.43. The standard InChI is InChI=1S/C37H34O15/c1-20(38)44-19-29-31(46-21(2)39)32(47-22(3)40)34(48-23(4)41)37(50-29)52-30-27-16-15-26(45-18-24-11-7-5-8-12-24)17-28(27)49-36(43)33(30)51-35(42)25-13-9-6-10-14-25/h5-17,29,31-32,34,37H,18-19H2,1-4H3/t29-,31+,32+,34-,37+/m1/s1. The highest BCUT2D eigenvalue weighted by Crippen LogP contribution is 2.39. The van der Waals surface area contributed by atoms with E-state index in [2.05, 4.69) is 0 Å². The van der Waals surface area contributed by atoms with Crippen LogP contribution in [0.5, 0.6) is 17.2 Å². The maximum Gasteiger partial charge on any atom is 0.383 e. The summed E-state index contributed by atoms with van der Waals surface area (Å²) in [6, 6.07) is 21.5. The highest BCUT2D eigenvalue weighted by atomic mass is 16.7. The highest BCUT2D eigenvalue weighted by molar-refractivity contribution is 5.93. The van der Waals surface area contributed by atoms with Crippen LogP contribution in [0.1, 0.15) is 43.6 Å². The van der Waals surface area contributed by atoms with Crippen molar-refractivity contribution >= 4 is 40.8 Å². The molecule has 1 saturated heterocycles. The van der Waals surface area contributed by atoms with Crippen molar-refractivity contribution < 1.29 is 66.3 Å². The van der Waals surface area contributed by atoms with E-state index in [0.717, 1.165) is 33.3 Å². The van der Waals surface area contributed by atoms with Crippen LogP contribution in [0.25, 0.3) is 11.0 Å². The topological polar surface area (TPSA) is 189 Å².